The molecule has 6 bridgehead atoms. The number of rotatable bonds is 6. The molecule has 0 aromatic heterocycles. The molecule has 3 saturated heterocycles. The van der Waals surface area contributed by atoms with Crippen molar-refractivity contribution in [3.05, 3.63) is 108 Å². The molecule has 6 aliphatic heterocycles. The summed E-state index contributed by atoms with van der Waals surface area (Å²) in [5.74, 6) is 1.58. The van der Waals surface area contributed by atoms with Crippen LogP contribution < -0.4 is 14.2 Å². The summed E-state index contributed by atoms with van der Waals surface area (Å²) in [6, 6.07) is 10.5. The Labute approximate surface area is 418 Å². The summed E-state index contributed by atoms with van der Waals surface area (Å²) in [7, 11) is 0. The number of nitrogens with zero attached hydrogens (tertiary/aromatic N) is 3. The maximum absolute atomic E-state index is 12.6. The molecule has 15 nitrogen and oxygen atoms in total. The average molecular weight is 982 g/mol. The quantitative estimate of drug-likeness (QED) is 0.194. The SMILES string of the molecule is C=CCN1CCC23c4c5ccc(O)c4O[C@H]2C(=O)CC[C@@]3(O)C1C5.C=CCN1CCC23c4c5ccc(O)c4O[C@H]2C(=O)CC[C@@]3(O)C1C5.C=CCN1CCC23c4c5ccc(O)c4O[C@H]2C(=O)CC[C@@]3(O)C1C5. The lowest BCUT2D eigenvalue weighted by atomic mass is 9.49. The van der Waals surface area contributed by atoms with Crippen molar-refractivity contribution in [1.29, 1.82) is 0 Å². The van der Waals surface area contributed by atoms with Crippen molar-refractivity contribution >= 4 is 17.3 Å². The number of phenols is 3. The molecule has 3 aromatic rings. The summed E-state index contributed by atoms with van der Waals surface area (Å²) in [5.41, 5.74) is 0.768. The van der Waals surface area contributed by atoms with E-state index in [0.29, 0.717) is 94.3 Å². The van der Waals surface area contributed by atoms with Crippen molar-refractivity contribution < 1.29 is 59.2 Å². The third kappa shape index (κ3) is 5.39. The van der Waals surface area contributed by atoms with Crippen LogP contribution in [0.2, 0.25) is 0 Å². The number of Topliss-reactive ketones (excluding diaryl/α,β-unsaturated/α-hetero) is 3. The smallest absolute Gasteiger partial charge is 0.174 e. The number of hydrogen-bond donors (Lipinski definition) is 6. The first-order chi connectivity index (χ1) is 34.6. The summed E-state index contributed by atoms with van der Waals surface area (Å²) in [6.07, 6.45) is 10.0. The highest BCUT2D eigenvalue weighted by Gasteiger charge is 2.76. The van der Waals surface area contributed by atoms with E-state index in [1.54, 1.807) is 18.2 Å². The summed E-state index contributed by atoms with van der Waals surface area (Å²) < 4.78 is 18.0. The highest BCUT2D eigenvalue weighted by atomic mass is 16.5. The van der Waals surface area contributed by atoms with Crippen molar-refractivity contribution in [3.63, 3.8) is 0 Å². The van der Waals surface area contributed by atoms with Gasteiger partial charge in [-0.05, 0) is 92.7 Å². The van der Waals surface area contributed by atoms with Crippen LogP contribution in [0.4, 0.5) is 0 Å². The van der Waals surface area contributed by atoms with Gasteiger partial charge in [0, 0.05) is 93.3 Å². The van der Waals surface area contributed by atoms with Crippen LogP contribution in [0.15, 0.2) is 74.4 Å². The van der Waals surface area contributed by atoms with Gasteiger partial charge in [-0.2, -0.15) is 0 Å². The van der Waals surface area contributed by atoms with E-state index in [9.17, 15) is 45.0 Å². The van der Waals surface area contributed by atoms with Gasteiger partial charge in [0.25, 0.3) is 0 Å². The maximum atomic E-state index is 12.6. The van der Waals surface area contributed by atoms with E-state index in [4.69, 9.17) is 14.2 Å². The van der Waals surface area contributed by atoms with E-state index in [2.05, 4.69) is 34.4 Å². The third-order valence-electron chi connectivity index (χ3n) is 20.2. The fraction of sp³-hybridized carbons (Fsp3) is 0.526. The van der Waals surface area contributed by atoms with Crippen LogP contribution in [0.5, 0.6) is 34.5 Å². The van der Waals surface area contributed by atoms with Crippen LogP contribution in [-0.4, -0.2) is 155 Å². The Morgan fingerprint density at radius 1 is 0.472 bits per heavy atom. The zero-order chi connectivity index (χ0) is 50.1. The van der Waals surface area contributed by atoms with Gasteiger partial charge in [-0.15, -0.1) is 19.7 Å². The van der Waals surface area contributed by atoms with Gasteiger partial charge < -0.3 is 44.8 Å². The predicted molar refractivity (Wildman–Crippen MR) is 262 cm³/mol. The first kappa shape index (κ1) is 46.3. The third-order valence-corrected chi connectivity index (χ3v) is 20.2. The van der Waals surface area contributed by atoms with Crippen LogP contribution in [0.1, 0.15) is 91.2 Å². The first-order valence-electron chi connectivity index (χ1n) is 25.9. The van der Waals surface area contributed by atoms with Crippen LogP contribution >= 0.6 is 0 Å². The molecule has 378 valence electrons. The van der Waals surface area contributed by atoms with E-state index in [0.717, 1.165) is 72.6 Å². The molecule has 12 aliphatic rings. The van der Waals surface area contributed by atoms with Crippen LogP contribution in [0.3, 0.4) is 0 Å². The van der Waals surface area contributed by atoms with Crippen molar-refractivity contribution in [2.24, 2.45) is 0 Å². The number of ether oxygens (including phenoxy) is 3. The molecule has 6 fully saturated rings. The molecule has 3 aromatic carbocycles. The lowest BCUT2D eigenvalue weighted by molar-refractivity contribution is -0.187. The standard InChI is InChI=1S/3C19H21NO4/c3*1-2-8-20-9-7-18-15-11-3-4-12(21)16(15)24-17(18)13(22)5-6-19(18,23)14(20)10-11/h3*2-4,14,17,21,23H,1,5-10H2/t3*14?,17-,18?,19+/m000/s1. The van der Waals surface area contributed by atoms with Gasteiger partial charge >= 0.3 is 0 Å². The topological polar surface area (TPSA) is 210 Å². The number of ketones is 3. The minimum atomic E-state index is -1.00. The van der Waals surface area contributed by atoms with Gasteiger partial charge in [0.1, 0.15) is 0 Å². The lowest BCUT2D eigenvalue weighted by Crippen LogP contribution is -2.76. The van der Waals surface area contributed by atoms with E-state index in [-0.39, 0.29) is 52.7 Å². The van der Waals surface area contributed by atoms with E-state index >= 15 is 0 Å². The van der Waals surface area contributed by atoms with Gasteiger partial charge in [0.2, 0.25) is 0 Å². The zero-order valence-electron chi connectivity index (χ0n) is 40.5. The molecule has 0 amide bonds. The predicted octanol–water partition coefficient (Wildman–Crippen LogP) is 3.90. The van der Waals surface area contributed by atoms with Gasteiger partial charge in [0.05, 0.1) is 33.0 Å². The second-order valence-corrected chi connectivity index (χ2v) is 22.7. The Balaban J connectivity index is 0.000000105. The minimum absolute atomic E-state index is 0.0408. The first-order valence-corrected chi connectivity index (χ1v) is 25.9. The second-order valence-electron chi connectivity index (χ2n) is 22.7. The molecule has 12 atom stereocenters. The number of phenolic OH excluding ortho intramolecular Hbond substituents is 3. The zero-order valence-corrected chi connectivity index (χ0v) is 40.5. The summed E-state index contributed by atoms with van der Waals surface area (Å²) in [6.45, 7) is 16.1. The Morgan fingerprint density at radius 2 is 0.750 bits per heavy atom. The molecule has 6 aliphatic carbocycles. The molecule has 6 unspecified atom stereocenters. The number of benzene rings is 3. The Bertz CT molecular complexity index is 2630. The summed E-state index contributed by atoms with van der Waals surface area (Å²) >= 11 is 0. The van der Waals surface area contributed by atoms with Crippen LogP contribution in [0, 0.1) is 0 Å². The van der Waals surface area contributed by atoms with Gasteiger partial charge in [-0.1, -0.05) is 36.4 Å². The van der Waals surface area contributed by atoms with E-state index in [1.165, 1.54) is 0 Å². The molecule has 15 rings (SSSR count). The molecule has 6 heterocycles. The van der Waals surface area contributed by atoms with Crippen LogP contribution in [-0.2, 0) is 49.9 Å². The molecule has 3 spiro atoms. The Morgan fingerprint density at radius 3 is 1.01 bits per heavy atom. The fourth-order valence-corrected chi connectivity index (χ4v) is 17.4. The summed E-state index contributed by atoms with van der Waals surface area (Å²) in [5, 5.41) is 66.3. The lowest BCUT2D eigenvalue weighted by Gasteiger charge is -2.62. The highest BCUT2D eigenvalue weighted by molar-refractivity contribution is 5.92. The summed E-state index contributed by atoms with van der Waals surface area (Å²) in [4.78, 5) is 44.7. The molecule has 3 saturated carbocycles. The minimum Gasteiger partial charge on any atom is -0.504 e. The molecule has 0 radical (unpaired) electrons. The van der Waals surface area contributed by atoms with E-state index < -0.39 is 51.4 Å². The van der Waals surface area contributed by atoms with Crippen molar-refractivity contribution in [2.75, 3.05) is 39.3 Å². The number of aromatic hydroxyl groups is 3. The van der Waals surface area contributed by atoms with Crippen molar-refractivity contribution in [2.45, 2.75) is 147 Å². The van der Waals surface area contributed by atoms with Crippen LogP contribution in [0.25, 0.3) is 0 Å². The molecular formula is C57H63N3O12. The number of piperidine rings is 3. The van der Waals surface area contributed by atoms with Gasteiger partial charge in [-0.25, -0.2) is 0 Å². The molecule has 15 heteroatoms. The number of hydrogen-bond acceptors (Lipinski definition) is 15. The van der Waals surface area contributed by atoms with Gasteiger partial charge in [-0.3, -0.25) is 29.1 Å². The van der Waals surface area contributed by atoms with E-state index in [1.807, 2.05) is 36.4 Å². The second kappa shape index (κ2) is 15.5. The normalized spacial score (nSPS) is 39.3. The fourth-order valence-electron chi connectivity index (χ4n) is 17.4. The highest BCUT2D eigenvalue weighted by Crippen LogP contribution is 2.68. The number of aliphatic hydroxyl groups is 3. The van der Waals surface area contributed by atoms with Gasteiger partial charge in [0.15, 0.2) is 70.2 Å². The molecule has 72 heavy (non-hydrogen) atoms. The monoisotopic (exact) mass is 981 g/mol. The number of carbonyl (C=O) groups is 3. The number of carbonyl (C=O) groups excluding carboxylic acids is 3. The maximum Gasteiger partial charge on any atom is 0.174 e. The molecular weight excluding hydrogens is 919 g/mol. The average Bonchev–Trinajstić information content (AvgIpc) is 4.04. The van der Waals surface area contributed by atoms with Crippen molar-refractivity contribution in [3.8, 4) is 34.5 Å². The van der Waals surface area contributed by atoms with Crippen molar-refractivity contribution in [1.82, 2.24) is 14.7 Å². The Hall–Kier alpha value is -5.55. The molecule has 6 N–H and O–H groups in total. The Kier molecular flexibility index (Phi) is 9.96. The largest absolute Gasteiger partial charge is 0.504 e. The number of likely N-dealkylation sites (tertiary alicyclic amines) is 3.